The Labute approximate surface area is 295 Å². The van der Waals surface area contributed by atoms with E-state index in [1.54, 1.807) is 6.08 Å². The number of ether oxygens (including phenoxy) is 1. The summed E-state index contributed by atoms with van der Waals surface area (Å²) in [5, 5.41) is 10.4. The number of likely N-dealkylation sites (tertiary alicyclic amines) is 1. The number of methoxy groups -OCH3 is 1. The topological polar surface area (TPSA) is 146 Å². The lowest BCUT2D eigenvalue weighted by Crippen LogP contribution is -2.53. The summed E-state index contributed by atoms with van der Waals surface area (Å²) in [5.41, 5.74) is 0.155. The highest BCUT2D eigenvalue weighted by atomic mass is 35.5. The molecule has 0 radical (unpaired) electrons. The number of alkyl halides is 3. The van der Waals surface area contributed by atoms with E-state index in [2.05, 4.69) is 15.1 Å². The summed E-state index contributed by atoms with van der Waals surface area (Å²) >= 11 is 12.4. The zero-order chi connectivity index (χ0) is 36.7. The van der Waals surface area contributed by atoms with Crippen LogP contribution in [0.4, 0.5) is 28.2 Å². The third kappa shape index (κ3) is 5.07. The number of allylic oxidation sites excluding steroid dienone is 2. The Balaban J connectivity index is 1.44. The Hall–Kier alpha value is -5.02. The monoisotopic (exact) mass is 746 g/mol. The van der Waals surface area contributed by atoms with Crippen LogP contribution in [-0.2, 0) is 35.5 Å². The van der Waals surface area contributed by atoms with E-state index in [4.69, 9.17) is 23.2 Å². The fourth-order valence-corrected chi connectivity index (χ4v) is 8.47. The second-order valence-corrected chi connectivity index (χ2v) is 13.5. The van der Waals surface area contributed by atoms with Crippen LogP contribution in [-0.4, -0.2) is 56.8 Å². The molecule has 0 spiro atoms. The van der Waals surface area contributed by atoms with Gasteiger partial charge in [0, 0.05) is 17.1 Å². The van der Waals surface area contributed by atoms with Gasteiger partial charge < -0.3 is 9.84 Å². The number of amides is 5. The molecule has 11 nitrogen and oxygen atoms in total. The number of hydrogen-bond acceptors (Lipinski definition) is 9. The number of pyridine rings is 1. The third-order valence-corrected chi connectivity index (χ3v) is 10.8. The Morgan fingerprint density at radius 2 is 1.73 bits per heavy atom. The predicted molar refractivity (Wildman–Crippen MR) is 169 cm³/mol. The van der Waals surface area contributed by atoms with Gasteiger partial charge in [0.15, 0.2) is 17.4 Å². The minimum atomic E-state index is -4.79. The van der Waals surface area contributed by atoms with Crippen LogP contribution >= 0.6 is 23.2 Å². The first-order chi connectivity index (χ1) is 24.1. The van der Waals surface area contributed by atoms with Gasteiger partial charge in [0.2, 0.25) is 11.8 Å². The lowest BCUT2D eigenvalue weighted by Gasteiger charge is -2.50. The summed E-state index contributed by atoms with van der Waals surface area (Å²) in [4.78, 5) is 73.4. The molecule has 6 unspecified atom stereocenters. The number of phenolic OH excluding ortho intramolecular Hbond substituents is 1. The number of carbonyl (C=O) groups excluding carboxylic acids is 5. The van der Waals surface area contributed by atoms with Gasteiger partial charge in [0.1, 0.15) is 0 Å². The lowest BCUT2D eigenvalue weighted by atomic mass is 9.49. The van der Waals surface area contributed by atoms with Crippen LogP contribution in [0.5, 0.6) is 5.75 Å². The van der Waals surface area contributed by atoms with Crippen LogP contribution in [0, 0.1) is 29.5 Å². The Morgan fingerprint density at radius 3 is 2.35 bits per heavy atom. The molecule has 264 valence electrons. The molecule has 5 amide bonds. The van der Waals surface area contributed by atoms with E-state index in [1.165, 1.54) is 30.3 Å². The Morgan fingerprint density at radius 1 is 1.02 bits per heavy atom. The van der Waals surface area contributed by atoms with Crippen molar-refractivity contribution >= 4 is 58.7 Å². The van der Waals surface area contributed by atoms with Crippen LogP contribution in [0.1, 0.15) is 35.4 Å². The summed E-state index contributed by atoms with van der Waals surface area (Å²) in [5.74, 6) is -11.4. The van der Waals surface area contributed by atoms with E-state index >= 15 is 9.18 Å². The highest BCUT2D eigenvalue weighted by Gasteiger charge is 2.70. The third-order valence-electron chi connectivity index (χ3n) is 10.2. The highest BCUT2D eigenvalue weighted by molar-refractivity contribution is 6.33. The van der Waals surface area contributed by atoms with Crippen molar-refractivity contribution in [1.82, 2.24) is 14.9 Å². The maximum Gasteiger partial charge on any atom is 0.423 e. The van der Waals surface area contributed by atoms with Gasteiger partial charge in [-0.2, -0.15) is 23.1 Å². The number of halogens is 6. The SMILES string of the molecule is COC(=O)N1C(=O)C2CC=C3C(CC4C(=O)N(Nc5ncc(C(F)(F)F)cc5Cl)C(=O)C4(c4ccc(Cl)cc4)C3c3ccc(O)c(F)c3)C2C1=O. The maximum absolute atomic E-state index is 15.2. The first-order valence-electron chi connectivity index (χ1n) is 15.4. The number of fused-ring (bicyclic) bond motifs is 4. The summed E-state index contributed by atoms with van der Waals surface area (Å²) < 4.78 is 59.9. The molecule has 3 fully saturated rings. The van der Waals surface area contributed by atoms with Crippen LogP contribution in [0.25, 0.3) is 0 Å². The largest absolute Gasteiger partial charge is 0.505 e. The number of hydrazine groups is 1. The number of nitrogens with one attached hydrogen (secondary N) is 1. The van der Waals surface area contributed by atoms with Gasteiger partial charge in [-0.1, -0.05) is 53.1 Å². The van der Waals surface area contributed by atoms with Crippen LogP contribution in [0.15, 0.2) is 66.4 Å². The Kier molecular flexibility index (Phi) is 8.13. The fraction of sp³-hybridized carbons (Fsp3) is 0.294. The molecule has 6 atom stereocenters. The minimum absolute atomic E-state index is 0.0534. The summed E-state index contributed by atoms with van der Waals surface area (Å²) in [6.45, 7) is 0. The summed E-state index contributed by atoms with van der Waals surface area (Å²) in [6.07, 6.45) is -4.14. The van der Waals surface area contributed by atoms with Gasteiger partial charge in [-0.25, -0.2) is 14.2 Å². The van der Waals surface area contributed by atoms with E-state index < -0.39 is 98.9 Å². The van der Waals surface area contributed by atoms with Crippen molar-refractivity contribution in [2.45, 2.75) is 30.4 Å². The first kappa shape index (κ1) is 34.4. The minimum Gasteiger partial charge on any atom is -0.505 e. The predicted octanol–water partition coefficient (Wildman–Crippen LogP) is 6.00. The number of imide groups is 4. The smallest absolute Gasteiger partial charge is 0.423 e. The molecule has 2 aliphatic carbocycles. The number of benzene rings is 2. The number of nitrogens with zero attached hydrogens (tertiary/aromatic N) is 3. The van der Waals surface area contributed by atoms with Crippen molar-refractivity contribution in [1.29, 1.82) is 0 Å². The van der Waals surface area contributed by atoms with E-state index in [-0.39, 0.29) is 29.0 Å². The van der Waals surface area contributed by atoms with Gasteiger partial charge >= 0.3 is 12.3 Å². The van der Waals surface area contributed by atoms with Gasteiger partial charge in [-0.3, -0.25) is 24.6 Å². The standard InChI is InChI=1S/C34H24Cl2F4N4O7/c1-51-32(50)43-28(46)19-8-7-18-20(25(19)30(43)48)12-21-29(47)44(42-27-22(36)11-16(13-41-27)34(38,39)40)31(49)33(21,15-3-5-17(35)6-4-15)26(18)14-2-9-24(45)23(37)10-14/h2-7,9-11,13,19-21,25-26,45H,8,12H2,1H3,(H,41,42). The number of phenols is 1. The van der Waals surface area contributed by atoms with Gasteiger partial charge in [0.25, 0.3) is 11.8 Å². The summed E-state index contributed by atoms with van der Waals surface area (Å²) in [7, 11) is 1.01. The van der Waals surface area contributed by atoms with Crippen LogP contribution in [0.2, 0.25) is 10.0 Å². The molecule has 1 saturated carbocycles. The second-order valence-electron chi connectivity index (χ2n) is 12.6. The number of aromatic nitrogens is 1. The maximum atomic E-state index is 15.2. The zero-order valence-corrected chi connectivity index (χ0v) is 27.6. The number of carbonyl (C=O) groups is 5. The van der Waals surface area contributed by atoms with Crippen molar-refractivity contribution in [3.05, 3.63) is 98.9 Å². The Bertz CT molecular complexity index is 2080. The van der Waals surface area contributed by atoms with Crippen LogP contribution in [0.3, 0.4) is 0 Å². The normalized spacial score (nSPS) is 27.2. The number of anilines is 1. The molecule has 3 heterocycles. The molecule has 2 aliphatic heterocycles. The van der Waals surface area contributed by atoms with E-state index in [0.29, 0.717) is 27.7 Å². The molecule has 2 saturated heterocycles. The highest BCUT2D eigenvalue weighted by Crippen LogP contribution is 2.64. The number of rotatable bonds is 4. The zero-order valence-electron chi connectivity index (χ0n) is 26.1. The van der Waals surface area contributed by atoms with Crippen molar-refractivity contribution < 1.29 is 51.4 Å². The molecule has 7 rings (SSSR count). The van der Waals surface area contributed by atoms with E-state index in [0.717, 1.165) is 19.2 Å². The average molecular weight is 747 g/mol. The number of aromatic hydroxyl groups is 1. The van der Waals surface area contributed by atoms with Crippen molar-refractivity contribution in [3.63, 3.8) is 0 Å². The summed E-state index contributed by atoms with van der Waals surface area (Å²) in [6, 6.07) is 9.96. The first-order valence-corrected chi connectivity index (χ1v) is 16.1. The van der Waals surface area contributed by atoms with Gasteiger partial charge in [0.05, 0.1) is 40.9 Å². The molecular formula is C34H24Cl2F4N4O7. The van der Waals surface area contributed by atoms with Crippen molar-refractivity contribution in [3.8, 4) is 5.75 Å². The molecule has 2 N–H and O–H groups in total. The molecule has 1 aromatic heterocycles. The molecule has 51 heavy (non-hydrogen) atoms. The van der Waals surface area contributed by atoms with Crippen molar-refractivity contribution in [2.24, 2.45) is 23.7 Å². The molecule has 2 aromatic carbocycles. The molecule has 4 aliphatic rings. The number of hydrogen-bond donors (Lipinski definition) is 2. The molecule has 0 bridgehead atoms. The molecular weight excluding hydrogens is 723 g/mol. The fourth-order valence-electron chi connectivity index (χ4n) is 8.13. The van der Waals surface area contributed by atoms with Crippen LogP contribution < -0.4 is 5.43 Å². The van der Waals surface area contributed by atoms with Crippen molar-refractivity contribution in [2.75, 3.05) is 12.5 Å². The van der Waals surface area contributed by atoms with Gasteiger partial charge in [-0.15, -0.1) is 0 Å². The second kappa shape index (κ2) is 12.0. The lowest BCUT2D eigenvalue weighted by molar-refractivity contribution is -0.140. The van der Waals surface area contributed by atoms with E-state index in [9.17, 15) is 37.5 Å². The average Bonchev–Trinajstić information content (AvgIpc) is 3.47. The van der Waals surface area contributed by atoms with Gasteiger partial charge in [-0.05, 0) is 60.2 Å². The quantitative estimate of drug-likeness (QED) is 0.186. The molecule has 3 aromatic rings. The molecule has 17 heteroatoms. The van der Waals surface area contributed by atoms with E-state index in [1.807, 2.05) is 0 Å².